The van der Waals surface area contributed by atoms with Gasteiger partial charge in [0.25, 0.3) is 11.8 Å². The van der Waals surface area contributed by atoms with Gasteiger partial charge in [0.05, 0.1) is 36.8 Å². The van der Waals surface area contributed by atoms with E-state index in [0.29, 0.717) is 27.7 Å². The van der Waals surface area contributed by atoms with Crippen LogP contribution in [0.3, 0.4) is 0 Å². The van der Waals surface area contributed by atoms with Gasteiger partial charge in [-0.05, 0) is 48.7 Å². The minimum Gasteiger partial charge on any atom is -0.346 e. The van der Waals surface area contributed by atoms with Crippen LogP contribution in [0.15, 0.2) is 52.3 Å². The Hall–Kier alpha value is -2.28. The maximum absolute atomic E-state index is 12.7. The Morgan fingerprint density at radius 1 is 1.09 bits per heavy atom. The molecule has 3 rings (SSSR count). The maximum atomic E-state index is 12.7. The SMILES string of the molecule is CCCC[NH+](CCCC)CCNC(=O)c1ccc2c(c1)NC(=O)C(=Cc1ccccc1Cl)S2. The monoisotopic (exact) mass is 486 g/mol. The topological polar surface area (TPSA) is 62.6 Å². The summed E-state index contributed by atoms with van der Waals surface area (Å²) in [5.74, 6) is -0.309. The second-order valence-electron chi connectivity index (χ2n) is 8.26. The normalized spacial score (nSPS) is 14.3. The molecule has 7 heteroatoms. The Kier molecular flexibility index (Phi) is 9.85. The summed E-state index contributed by atoms with van der Waals surface area (Å²) >= 11 is 7.61. The number of benzene rings is 2. The van der Waals surface area contributed by atoms with Gasteiger partial charge in [0.1, 0.15) is 0 Å². The van der Waals surface area contributed by atoms with E-state index in [0.717, 1.165) is 30.1 Å². The quantitative estimate of drug-likeness (QED) is 0.405. The highest BCUT2D eigenvalue weighted by molar-refractivity contribution is 8.04. The molecule has 1 aliphatic heterocycles. The molecule has 0 aliphatic carbocycles. The van der Waals surface area contributed by atoms with E-state index in [-0.39, 0.29) is 11.8 Å². The van der Waals surface area contributed by atoms with E-state index in [1.165, 1.54) is 37.4 Å². The second-order valence-corrected chi connectivity index (χ2v) is 9.75. The number of halogens is 1. The van der Waals surface area contributed by atoms with Gasteiger partial charge in [-0.25, -0.2) is 0 Å². The third-order valence-electron chi connectivity index (χ3n) is 5.66. The number of carbonyl (C=O) groups excluding carboxylic acids is 2. The zero-order valence-corrected chi connectivity index (χ0v) is 21.0. The van der Waals surface area contributed by atoms with Crippen LogP contribution in [-0.2, 0) is 4.79 Å². The van der Waals surface area contributed by atoms with Crippen LogP contribution in [0.2, 0.25) is 5.02 Å². The number of fused-ring (bicyclic) bond motifs is 1. The van der Waals surface area contributed by atoms with Crippen molar-refractivity contribution >= 4 is 46.9 Å². The number of amides is 2. The molecular weight excluding hydrogens is 454 g/mol. The average Bonchev–Trinajstić information content (AvgIpc) is 2.81. The first-order chi connectivity index (χ1) is 16.0. The zero-order chi connectivity index (χ0) is 23.6. The zero-order valence-electron chi connectivity index (χ0n) is 19.4. The molecule has 176 valence electrons. The van der Waals surface area contributed by atoms with Crippen molar-refractivity contribution in [3.8, 4) is 0 Å². The van der Waals surface area contributed by atoms with E-state index in [9.17, 15) is 9.59 Å². The smallest absolute Gasteiger partial charge is 0.262 e. The molecule has 3 N–H and O–H groups in total. The number of nitrogens with one attached hydrogen (secondary N) is 3. The van der Waals surface area contributed by atoms with Gasteiger partial charge in [-0.2, -0.15) is 0 Å². The lowest BCUT2D eigenvalue weighted by atomic mass is 10.1. The fraction of sp³-hybridized carbons (Fsp3) is 0.385. The van der Waals surface area contributed by atoms with Crippen LogP contribution >= 0.6 is 23.4 Å². The Morgan fingerprint density at radius 2 is 1.82 bits per heavy atom. The van der Waals surface area contributed by atoms with Crippen LogP contribution < -0.4 is 15.5 Å². The lowest BCUT2D eigenvalue weighted by molar-refractivity contribution is -0.899. The molecule has 0 fully saturated rings. The third kappa shape index (κ3) is 7.36. The first kappa shape index (κ1) is 25.3. The van der Waals surface area contributed by atoms with Gasteiger partial charge < -0.3 is 15.5 Å². The van der Waals surface area contributed by atoms with Crippen LogP contribution in [0.4, 0.5) is 5.69 Å². The number of anilines is 1. The van der Waals surface area contributed by atoms with Gasteiger partial charge in [-0.1, -0.05) is 68.3 Å². The standard InChI is InChI=1S/C26H32ClN3O2S/c1-3-5-14-30(15-6-4-2)16-13-28-25(31)20-11-12-23-22(17-20)29-26(32)24(33-23)18-19-9-7-8-10-21(19)27/h7-12,17-18H,3-6,13-16H2,1-2H3,(H,28,31)(H,29,32)/p+1. The van der Waals surface area contributed by atoms with Crippen molar-refractivity contribution < 1.29 is 14.5 Å². The molecule has 0 aromatic heterocycles. The highest BCUT2D eigenvalue weighted by atomic mass is 35.5. The molecule has 1 heterocycles. The van der Waals surface area contributed by atoms with E-state index >= 15 is 0 Å². The van der Waals surface area contributed by atoms with Crippen molar-refractivity contribution in [2.75, 3.05) is 31.5 Å². The molecule has 5 nitrogen and oxygen atoms in total. The summed E-state index contributed by atoms with van der Waals surface area (Å²) in [6.07, 6.45) is 6.59. The number of unbranched alkanes of at least 4 members (excludes halogenated alkanes) is 2. The molecule has 0 spiro atoms. The van der Waals surface area contributed by atoms with Crippen molar-refractivity contribution in [2.45, 2.75) is 44.4 Å². The molecule has 2 aromatic rings. The highest BCUT2D eigenvalue weighted by Gasteiger charge is 2.22. The van der Waals surface area contributed by atoms with Crippen LogP contribution in [-0.4, -0.2) is 38.0 Å². The van der Waals surface area contributed by atoms with E-state index in [1.54, 1.807) is 23.1 Å². The average molecular weight is 487 g/mol. The summed E-state index contributed by atoms with van der Waals surface area (Å²) in [5.41, 5.74) is 2.01. The number of carbonyl (C=O) groups is 2. The van der Waals surface area contributed by atoms with Crippen molar-refractivity contribution in [1.82, 2.24) is 5.32 Å². The van der Waals surface area contributed by atoms with Gasteiger partial charge in [-0.15, -0.1) is 0 Å². The van der Waals surface area contributed by atoms with E-state index in [2.05, 4.69) is 24.5 Å². The predicted octanol–water partition coefficient (Wildman–Crippen LogP) is 4.64. The molecule has 33 heavy (non-hydrogen) atoms. The van der Waals surface area contributed by atoms with Crippen molar-refractivity contribution in [3.63, 3.8) is 0 Å². The van der Waals surface area contributed by atoms with Crippen molar-refractivity contribution in [1.29, 1.82) is 0 Å². The van der Waals surface area contributed by atoms with Gasteiger partial charge >= 0.3 is 0 Å². The van der Waals surface area contributed by atoms with Gasteiger partial charge in [0, 0.05) is 15.5 Å². The second kappa shape index (κ2) is 12.8. The van der Waals surface area contributed by atoms with E-state index in [4.69, 9.17) is 11.6 Å². The van der Waals surface area contributed by atoms with Gasteiger partial charge in [-0.3, -0.25) is 9.59 Å². The highest BCUT2D eigenvalue weighted by Crippen LogP contribution is 2.39. The predicted molar refractivity (Wildman–Crippen MR) is 138 cm³/mol. The Labute approximate surface area is 206 Å². The van der Waals surface area contributed by atoms with Gasteiger partial charge in [0.2, 0.25) is 0 Å². The fourth-order valence-corrected chi connectivity index (χ4v) is 4.83. The molecule has 2 aromatic carbocycles. The molecular formula is C26H33ClN3O2S+. The first-order valence-corrected chi connectivity index (χ1v) is 12.9. The number of quaternary nitrogens is 1. The molecule has 0 saturated carbocycles. The van der Waals surface area contributed by atoms with E-state index < -0.39 is 0 Å². The number of hydrogen-bond donors (Lipinski definition) is 3. The van der Waals surface area contributed by atoms with Crippen molar-refractivity contribution in [2.24, 2.45) is 0 Å². The Bertz CT molecular complexity index is 1000. The lowest BCUT2D eigenvalue weighted by Crippen LogP contribution is -3.12. The summed E-state index contributed by atoms with van der Waals surface area (Å²) in [4.78, 5) is 28.3. The maximum Gasteiger partial charge on any atom is 0.262 e. The summed E-state index contributed by atoms with van der Waals surface area (Å²) in [7, 11) is 0. The van der Waals surface area contributed by atoms with Gasteiger partial charge in [0.15, 0.2) is 0 Å². The summed E-state index contributed by atoms with van der Waals surface area (Å²) in [5, 5.41) is 6.55. The molecule has 0 atom stereocenters. The largest absolute Gasteiger partial charge is 0.346 e. The molecule has 2 amide bonds. The van der Waals surface area contributed by atoms with Crippen LogP contribution in [0.25, 0.3) is 6.08 Å². The summed E-state index contributed by atoms with van der Waals surface area (Å²) < 4.78 is 0. The lowest BCUT2D eigenvalue weighted by Gasteiger charge is -2.20. The third-order valence-corrected chi connectivity index (χ3v) is 7.10. The fourth-order valence-electron chi connectivity index (χ4n) is 3.72. The molecule has 1 aliphatic rings. The first-order valence-electron chi connectivity index (χ1n) is 11.7. The molecule has 0 radical (unpaired) electrons. The summed E-state index contributed by atoms with van der Waals surface area (Å²) in [6, 6.07) is 12.9. The van der Waals surface area contributed by atoms with E-state index in [1.807, 2.05) is 30.3 Å². The number of thioether (sulfide) groups is 1. The Morgan fingerprint density at radius 3 is 2.52 bits per heavy atom. The minimum absolute atomic E-state index is 0.111. The van der Waals surface area contributed by atoms with Crippen molar-refractivity contribution in [3.05, 3.63) is 63.5 Å². The molecule has 0 bridgehead atoms. The number of hydrogen-bond acceptors (Lipinski definition) is 3. The molecule has 0 unspecified atom stereocenters. The van der Waals surface area contributed by atoms with Crippen LogP contribution in [0.5, 0.6) is 0 Å². The summed E-state index contributed by atoms with van der Waals surface area (Å²) in [6.45, 7) is 8.30. The minimum atomic E-state index is -0.198. The number of rotatable bonds is 11. The molecule has 0 saturated heterocycles. The Balaban J connectivity index is 1.61. The van der Waals surface area contributed by atoms with Crippen LogP contribution in [0, 0.1) is 0 Å². The van der Waals surface area contributed by atoms with Crippen LogP contribution in [0.1, 0.15) is 55.5 Å².